The fourth-order valence-electron chi connectivity index (χ4n) is 2.32. The Kier molecular flexibility index (Phi) is 3.53. The van der Waals surface area contributed by atoms with Gasteiger partial charge in [0.15, 0.2) is 0 Å². The first-order valence-electron chi connectivity index (χ1n) is 6.34. The Hall–Kier alpha value is -1.61. The molecule has 96 valence electrons. The number of imidazole rings is 1. The van der Waals surface area contributed by atoms with Crippen LogP contribution in [-0.2, 0) is 13.5 Å². The lowest BCUT2D eigenvalue weighted by atomic mass is 10.0. The number of aryl methyl sites for hydroxylation is 2. The molecule has 3 nitrogen and oxygen atoms in total. The van der Waals surface area contributed by atoms with Gasteiger partial charge >= 0.3 is 0 Å². The summed E-state index contributed by atoms with van der Waals surface area (Å²) in [6.45, 7) is 7.00. The molecule has 0 saturated heterocycles. The minimum atomic E-state index is 0.636. The van der Waals surface area contributed by atoms with Gasteiger partial charge in [-0.2, -0.15) is 0 Å². The van der Waals surface area contributed by atoms with E-state index in [1.807, 2.05) is 0 Å². The number of hydrogen-bond acceptors (Lipinski definition) is 2. The average molecular weight is 243 g/mol. The van der Waals surface area contributed by atoms with E-state index in [1.54, 1.807) is 0 Å². The van der Waals surface area contributed by atoms with Crippen molar-refractivity contribution in [2.24, 2.45) is 12.8 Å². The van der Waals surface area contributed by atoms with Crippen LogP contribution in [0.5, 0.6) is 0 Å². The highest BCUT2D eigenvalue weighted by molar-refractivity contribution is 5.66. The molecule has 18 heavy (non-hydrogen) atoms. The van der Waals surface area contributed by atoms with Crippen molar-refractivity contribution in [1.82, 2.24) is 9.55 Å². The van der Waals surface area contributed by atoms with Crippen LogP contribution in [-0.4, -0.2) is 16.1 Å². The molecule has 1 aromatic heterocycles. The van der Waals surface area contributed by atoms with E-state index in [2.05, 4.69) is 50.6 Å². The summed E-state index contributed by atoms with van der Waals surface area (Å²) in [4.78, 5) is 4.74. The van der Waals surface area contributed by atoms with Gasteiger partial charge in [0.1, 0.15) is 5.82 Å². The molecular formula is C15H21N3. The van der Waals surface area contributed by atoms with E-state index in [0.29, 0.717) is 6.54 Å². The summed E-state index contributed by atoms with van der Waals surface area (Å²) in [5.41, 5.74) is 11.7. The van der Waals surface area contributed by atoms with E-state index in [1.165, 1.54) is 22.4 Å². The lowest BCUT2D eigenvalue weighted by molar-refractivity contribution is 0.761. The number of aromatic nitrogens is 2. The van der Waals surface area contributed by atoms with Crippen molar-refractivity contribution in [3.63, 3.8) is 0 Å². The lowest BCUT2D eigenvalue weighted by Crippen LogP contribution is -2.08. The van der Waals surface area contributed by atoms with Crippen LogP contribution >= 0.6 is 0 Å². The van der Waals surface area contributed by atoms with Crippen LogP contribution in [0.25, 0.3) is 11.3 Å². The first-order valence-corrected chi connectivity index (χ1v) is 6.34. The van der Waals surface area contributed by atoms with Crippen molar-refractivity contribution in [2.75, 3.05) is 6.54 Å². The molecule has 0 radical (unpaired) electrons. The molecule has 3 heteroatoms. The zero-order valence-corrected chi connectivity index (χ0v) is 11.6. The summed E-state index contributed by atoms with van der Waals surface area (Å²) < 4.78 is 2.14. The zero-order valence-electron chi connectivity index (χ0n) is 11.6. The molecule has 1 aromatic carbocycles. The Morgan fingerprint density at radius 1 is 1.22 bits per heavy atom. The molecule has 0 amide bonds. The quantitative estimate of drug-likeness (QED) is 0.900. The molecule has 0 aliphatic heterocycles. The normalized spacial score (nSPS) is 10.9. The predicted molar refractivity (Wildman–Crippen MR) is 75.6 cm³/mol. The SMILES string of the molecule is Cc1ccc(-c2nc(CCN)n(C)c2C)c(C)c1. The Bertz CT molecular complexity index is 567. The fourth-order valence-corrected chi connectivity index (χ4v) is 2.32. The molecule has 2 aromatic rings. The first-order chi connectivity index (χ1) is 8.54. The summed E-state index contributed by atoms with van der Waals surface area (Å²) >= 11 is 0. The zero-order chi connectivity index (χ0) is 13.3. The molecule has 0 fully saturated rings. The van der Waals surface area contributed by atoms with Gasteiger partial charge in [0.2, 0.25) is 0 Å². The highest BCUT2D eigenvalue weighted by atomic mass is 15.1. The van der Waals surface area contributed by atoms with Gasteiger partial charge in [-0.1, -0.05) is 23.8 Å². The van der Waals surface area contributed by atoms with Gasteiger partial charge in [0, 0.05) is 24.7 Å². The van der Waals surface area contributed by atoms with Crippen LogP contribution < -0.4 is 5.73 Å². The molecule has 0 unspecified atom stereocenters. The summed E-state index contributed by atoms with van der Waals surface area (Å²) in [6, 6.07) is 6.50. The molecule has 0 bridgehead atoms. The van der Waals surface area contributed by atoms with Crippen LogP contribution in [0.3, 0.4) is 0 Å². The van der Waals surface area contributed by atoms with Gasteiger partial charge in [-0.05, 0) is 32.9 Å². The minimum absolute atomic E-state index is 0.636. The smallest absolute Gasteiger partial charge is 0.110 e. The van der Waals surface area contributed by atoms with E-state index in [-0.39, 0.29) is 0 Å². The van der Waals surface area contributed by atoms with E-state index in [4.69, 9.17) is 10.7 Å². The van der Waals surface area contributed by atoms with Crippen LogP contribution in [0.15, 0.2) is 18.2 Å². The minimum Gasteiger partial charge on any atom is -0.335 e. The van der Waals surface area contributed by atoms with Crippen molar-refractivity contribution in [3.05, 3.63) is 40.8 Å². The maximum absolute atomic E-state index is 5.62. The third-order valence-corrected chi connectivity index (χ3v) is 3.48. The van der Waals surface area contributed by atoms with Crippen LogP contribution in [0.1, 0.15) is 22.6 Å². The van der Waals surface area contributed by atoms with E-state index in [0.717, 1.165) is 17.9 Å². The maximum Gasteiger partial charge on any atom is 0.110 e. The highest BCUT2D eigenvalue weighted by Gasteiger charge is 2.13. The molecule has 0 aliphatic carbocycles. The number of rotatable bonds is 3. The lowest BCUT2D eigenvalue weighted by Gasteiger charge is -2.05. The molecule has 2 rings (SSSR count). The van der Waals surface area contributed by atoms with Crippen molar-refractivity contribution in [3.8, 4) is 11.3 Å². The first kappa shape index (κ1) is 12.8. The van der Waals surface area contributed by atoms with Crippen molar-refractivity contribution in [1.29, 1.82) is 0 Å². The van der Waals surface area contributed by atoms with Gasteiger partial charge in [0.25, 0.3) is 0 Å². The number of benzene rings is 1. The Morgan fingerprint density at radius 3 is 2.56 bits per heavy atom. The number of hydrogen-bond donors (Lipinski definition) is 1. The second-order valence-corrected chi connectivity index (χ2v) is 4.88. The van der Waals surface area contributed by atoms with Gasteiger partial charge in [-0.25, -0.2) is 4.98 Å². The number of nitrogens with two attached hydrogens (primary N) is 1. The molecule has 0 spiro atoms. The monoisotopic (exact) mass is 243 g/mol. The van der Waals surface area contributed by atoms with Gasteiger partial charge in [-0.3, -0.25) is 0 Å². The summed E-state index contributed by atoms with van der Waals surface area (Å²) in [6.07, 6.45) is 0.822. The molecule has 0 saturated carbocycles. The van der Waals surface area contributed by atoms with E-state index < -0.39 is 0 Å². The average Bonchev–Trinajstić information content (AvgIpc) is 2.58. The summed E-state index contributed by atoms with van der Waals surface area (Å²) in [5.74, 6) is 1.06. The standard InChI is InChI=1S/C15H21N3/c1-10-5-6-13(11(2)9-10)15-12(3)18(4)14(17-15)7-8-16/h5-6,9H,7-8,16H2,1-4H3. The van der Waals surface area contributed by atoms with Gasteiger partial charge in [0.05, 0.1) is 5.69 Å². The molecule has 1 heterocycles. The van der Waals surface area contributed by atoms with Crippen molar-refractivity contribution >= 4 is 0 Å². The molecule has 0 atom stereocenters. The summed E-state index contributed by atoms with van der Waals surface area (Å²) in [5, 5.41) is 0. The predicted octanol–water partition coefficient (Wildman–Crippen LogP) is 2.51. The fraction of sp³-hybridized carbons (Fsp3) is 0.400. The Labute approximate surface area is 109 Å². The topological polar surface area (TPSA) is 43.8 Å². The van der Waals surface area contributed by atoms with Crippen LogP contribution in [0.2, 0.25) is 0 Å². The van der Waals surface area contributed by atoms with Gasteiger partial charge in [-0.15, -0.1) is 0 Å². The second-order valence-electron chi connectivity index (χ2n) is 4.88. The van der Waals surface area contributed by atoms with E-state index >= 15 is 0 Å². The van der Waals surface area contributed by atoms with Crippen molar-refractivity contribution in [2.45, 2.75) is 27.2 Å². The van der Waals surface area contributed by atoms with Crippen LogP contribution in [0, 0.1) is 20.8 Å². The molecule has 2 N–H and O–H groups in total. The largest absolute Gasteiger partial charge is 0.335 e. The third-order valence-electron chi connectivity index (χ3n) is 3.48. The highest BCUT2D eigenvalue weighted by Crippen LogP contribution is 2.26. The van der Waals surface area contributed by atoms with Gasteiger partial charge < -0.3 is 10.3 Å². The Balaban J connectivity index is 2.53. The van der Waals surface area contributed by atoms with Crippen molar-refractivity contribution < 1.29 is 0 Å². The summed E-state index contributed by atoms with van der Waals surface area (Å²) in [7, 11) is 2.06. The van der Waals surface area contributed by atoms with E-state index in [9.17, 15) is 0 Å². The third kappa shape index (κ3) is 2.18. The molecule has 0 aliphatic rings. The Morgan fingerprint density at radius 2 is 1.94 bits per heavy atom. The molecular weight excluding hydrogens is 222 g/mol. The number of nitrogens with zero attached hydrogens (tertiary/aromatic N) is 2. The maximum atomic E-state index is 5.62. The second kappa shape index (κ2) is 4.94. The van der Waals surface area contributed by atoms with Crippen LogP contribution in [0.4, 0.5) is 0 Å².